The lowest BCUT2D eigenvalue weighted by Gasteiger charge is -2.37. The van der Waals surface area contributed by atoms with Crippen LogP contribution in [0.15, 0.2) is 243 Å². The highest BCUT2D eigenvalue weighted by Gasteiger charge is 2.56. The maximum Gasteiger partial charge on any atom is 0.0547 e. The zero-order valence-corrected chi connectivity index (χ0v) is 38.5. The summed E-state index contributed by atoms with van der Waals surface area (Å²) in [6.45, 7) is 0. The van der Waals surface area contributed by atoms with E-state index in [0.29, 0.717) is 5.92 Å². The van der Waals surface area contributed by atoms with Crippen LogP contribution in [-0.2, 0) is 5.41 Å². The fourth-order valence-electron chi connectivity index (χ4n) is 13.2. The number of rotatable bonds is 8. The summed E-state index contributed by atoms with van der Waals surface area (Å²) in [6.07, 6.45) is 5.27. The molecule has 2 nitrogen and oxygen atoms in total. The average molecular weight is 883 g/mol. The first-order valence-corrected chi connectivity index (χ1v) is 24.8. The molecule has 3 unspecified atom stereocenters. The molecule has 0 aliphatic heterocycles. The molecule has 1 aromatic heterocycles. The lowest BCUT2D eigenvalue weighted by molar-refractivity contribution is 0.327. The van der Waals surface area contributed by atoms with Crippen LogP contribution in [0.4, 0.5) is 17.1 Å². The van der Waals surface area contributed by atoms with Gasteiger partial charge in [0.05, 0.1) is 16.7 Å². The molecule has 2 fully saturated rings. The largest absolute Gasteiger partial charge is 0.310 e. The molecule has 10 aromatic carbocycles. The van der Waals surface area contributed by atoms with Crippen molar-refractivity contribution in [2.24, 2.45) is 11.8 Å². The molecule has 69 heavy (non-hydrogen) atoms. The zero-order chi connectivity index (χ0) is 45.5. The second-order valence-corrected chi connectivity index (χ2v) is 19.6. The Labute approximate surface area is 404 Å². The topological polar surface area (TPSA) is 8.17 Å². The number of anilines is 3. The summed E-state index contributed by atoms with van der Waals surface area (Å²) in [5, 5.41) is 2.53. The van der Waals surface area contributed by atoms with Crippen LogP contribution in [0.1, 0.15) is 36.8 Å². The van der Waals surface area contributed by atoms with Crippen molar-refractivity contribution in [3.8, 4) is 61.3 Å². The van der Waals surface area contributed by atoms with E-state index in [0.717, 1.165) is 17.3 Å². The van der Waals surface area contributed by atoms with E-state index >= 15 is 0 Å². The van der Waals surface area contributed by atoms with Gasteiger partial charge in [-0.1, -0.05) is 194 Å². The molecule has 0 N–H and O–H groups in total. The third kappa shape index (κ3) is 6.25. The first-order chi connectivity index (χ1) is 34.2. The molecule has 3 aliphatic rings. The van der Waals surface area contributed by atoms with E-state index in [1.807, 2.05) is 0 Å². The molecule has 0 radical (unpaired) electrons. The van der Waals surface area contributed by atoms with Crippen molar-refractivity contribution in [1.29, 1.82) is 0 Å². The van der Waals surface area contributed by atoms with Crippen molar-refractivity contribution in [1.82, 2.24) is 4.57 Å². The van der Waals surface area contributed by atoms with Gasteiger partial charge in [-0.25, -0.2) is 0 Å². The van der Waals surface area contributed by atoms with E-state index in [2.05, 4.69) is 252 Å². The minimum atomic E-state index is 0.0640. The van der Waals surface area contributed by atoms with Crippen LogP contribution in [0.25, 0.3) is 83.1 Å². The molecule has 14 rings (SSSR count). The molecule has 11 aromatic rings. The van der Waals surface area contributed by atoms with Crippen molar-refractivity contribution >= 4 is 38.9 Å². The minimum absolute atomic E-state index is 0.0640. The Hall–Kier alpha value is -8.20. The normalized spacial score (nSPS) is 17.7. The van der Waals surface area contributed by atoms with Crippen molar-refractivity contribution in [3.05, 3.63) is 254 Å². The predicted molar refractivity (Wildman–Crippen MR) is 289 cm³/mol. The summed E-state index contributed by atoms with van der Waals surface area (Å²) in [4.78, 5) is 2.54. The van der Waals surface area contributed by atoms with E-state index in [4.69, 9.17) is 0 Å². The highest BCUT2D eigenvalue weighted by Crippen LogP contribution is 2.66. The minimum Gasteiger partial charge on any atom is -0.310 e. The fourth-order valence-corrected chi connectivity index (χ4v) is 13.2. The molecule has 0 saturated heterocycles. The summed E-state index contributed by atoms with van der Waals surface area (Å²) in [6, 6.07) is 90.3. The zero-order valence-electron chi connectivity index (χ0n) is 38.5. The van der Waals surface area contributed by atoms with Crippen LogP contribution in [0.2, 0.25) is 0 Å². The predicted octanol–water partition coefficient (Wildman–Crippen LogP) is 18.0. The molecular formula is C67H50N2. The Morgan fingerprint density at radius 3 is 1.71 bits per heavy atom. The van der Waals surface area contributed by atoms with Crippen LogP contribution >= 0.6 is 0 Å². The van der Waals surface area contributed by atoms with E-state index in [9.17, 15) is 0 Å². The summed E-state index contributed by atoms with van der Waals surface area (Å²) >= 11 is 0. The van der Waals surface area contributed by atoms with Gasteiger partial charge in [0, 0.05) is 38.8 Å². The quantitative estimate of drug-likeness (QED) is 0.148. The van der Waals surface area contributed by atoms with Gasteiger partial charge in [-0.3, -0.25) is 0 Å². The number of benzene rings is 10. The average Bonchev–Trinajstić information content (AvgIpc) is 4.20. The monoisotopic (exact) mass is 882 g/mol. The van der Waals surface area contributed by atoms with Crippen LogP contribution < -0.4 is 4.90 Å². The number of aromatic nitrogens is 1. The van der Waals surface area contributed by atoms with Gasteiger partial charge in [-0.15, -0.1) is 0 Å². The summed E-state index contributed by atoms with van der Waals surface area (Å²) in [5.41, 5.74) is 22.7. The molecule has 1 spiro atoms. The third-order valence-electron chi connectivity index (χ3n) is 16.1. The lowest BCUT2D eigenvalue weighted by Crippen LogP contribution is -2.32. The number of fused-ring (bicyclic) bond motifs is 11. The summed E-state index contributed by atoms with van der Waals surface area (Å²) < 4.78 is 2.41. The Bertz CT molecular complexity index is 3750. The first kappa shape index (κ1) is 39.9. The Morgan fingerprint density at radius 1 is 0.377 bits per heavy atom. The van der Waals surface area contributed by atoms with Crippen molar-refractivity contribution in [2.45, 2.75) is 31.1 Å². The molecule has 0 amide bonds. The van der Waals surface area contributed by atoms with Crippen molar-refractivity contribution < 1.29 is 0 Å². The molecule has 1 heterocycles. The van der Waals surface area contributed by atoms with Crippen LogP contribution in [0.5, 0.6) is 0 Å². The molecule has 3 atom stereocenters. The highest BCUT2D eigenvalue weighted by molar-refractivity contribution is 6.10. The SMILES string of the molecule is c1ccc(-c2ccccc2-c2ccccc2-c2ccccc2N(c2ccc(-c3ccc4c5ccccc5n(-c5ccccc5)c4c3)cc2)c2ccc3c(c2)C2(CC4CCC2C4)c2ccccc2-3)cc1. The second-order valence-electron chi connectivity index (χ2n) is 19.6. The maximum absolute atomic E-state index is 2.59. The van der Waals surface area contributed by atoms with E-state index in [1.165, 1.54) is 120 Å². The van der Waals surface area contributed by atoms with E-state index < -0.39 is 0 Å². The van der Waals surface area contributed by atoms with Crippen LogP contribution in [0.3, 0.4) is 0 Å². The van der Waals surface area contributed by atoms with Gasteiger partial charge in [-0.2, -0.15) is 0 Å². The molecular weight excluding hydrogens is 833 g/mol. The Kier molecular flexibility index (Phi) is 9.24. The molecule has 2 bridgehead atoms. The number of hydrogen-bond acceptors (Lipinski definition) is 1. The second kappa shape index (κ2) is 16.0. The molecule has 328 valence electrons. The number of nitrogens with zero attached hydrogens (tertiary/aromatic N) is 2. The summed E-state index contributed by atoms with van der Waals surface area (Å²) in [5.74, 6) is 1.47. The van der Waals surface area contributed by atoms with Gasteiger partial charge in [0.15, 0.2) is 0 Å². The Balaban J connectivity index is 0.945. The van der Waals surface area contributed by atoms with Gasteiger partial charge in [0.25, 0.3) is 0 Å². The number of hydrogen-bond donors (Lipinski definition) is 0. The van der Waals surface area contributed by atoms with Gasteiger partial charge in [-0.05, 0) is 147 Å². The maximum atomic E-state index is 2.59. The smallest absolute Gasteiger partial charge is 0.0547 e. The van der Waals surface area contributed by atoms with Gasteiger partial charge in [0.1, 0.15) is 0 Å². The van der Waals surface area contributed by atoms with Gasteiger partial charge in [0.2, 0.25) is 0 Å². The fraction of sp³-hybridized carbons (Fsp3) is 0.104. The molecule has 2 heteroatoms. The van der Waals surface area contributed by atoms with Crippen molar-refractivity contribution in [3.63, 3.8) is 0 Å². The van der Waals surface area contributed by atoms with E-state index in [1.54, 1.807) is 5.56 Å². The van der Waals surface area contributed by atoms with Crippen molar-refractivity contribution in [2.75, 3.05) is 4.90 Å². The molecule has 2 saturated carbocycles. The highest BCUT2D eigenvalue weighted by atomic mass is 15.1. The standard InChI is InChI=1S/C67H50N2/c1-3-17-47(18-4-1)53-21-7-8-22-54(53)55-23-9-10-24-56(55)59-26-12-15-29-64(59)68(52-38-40-58-57-25-11-14-28-62(57)67(63(58)43-52)44-45-31-35-49(67)41-45)51-36-32-46(33-37-51)48-34-39-61-60-27-13-16-30-65(60)69(66(61)42-48)50-19-5-2-6-20-50/h1-30,32-34,36-40,42-43,45,49H,31,35,41,44H2. The van der Waals surface area contributed by atoms with Crippen LogP contribution in [0, 0.1) is 11.8 Å². The van der Waals surface area contributed by atoms with E-state index in [-0.39, 0.29) is 5.41 Å². The number of para-hydroxylation sites is 3. The van der Waals surface area contributed by atoms with Crippen LogP contribution in [-0.4, -0.2) is 4.57 Å². The Morgan fingerprint density at radius 2 is 0.957 bits per heavy atom. The first-order valence-electron chi connectivity index (χ1n) is 24.8. The third-order valence-corrected chi connectivity index (χ3v) is 16.1. The summed E-state index contributed by atoms with van der Waals surface area (Å²) in [7, 11) is 0. The van der Waals surface area contributed by atoms with Gasteiger partial charge >= 0.3 is 0 Å². The molecule has 3 aliphatic carbocycles. The lowest BCUT2D eigenvalue weighted by atomic mass is 9.67. The van der Waals surface area contributed by atoms with Gasteiger partial charge < -0.3 is 9.47 Å².